The Morgan fingerprint density at radius 3 is 2.72 bits per heavy atom. The van der Waals surface area contributed by atoms with Crippen LogP contribution in [-0.4, -0.2) is 34.2 Å². The van der Waals surface area contributed by atoms with E-state index in [1.807, 2.05) is 12.1 Å². The molecule has 1 atom stereocenters. The van der Waals surface area contributed by atoms with Crippen LogP contribution in [0.4, 0.5) is 10.2 Å². The molecular weight excluding hydrogens is 349 g/mol. The van der Waals surface area contributed by atoms with Crippen LogP contribution in [0.3, 0.4) is 0 Å². The SMILES string of the molecule is CC(F)c1ncnc(NCCc2ccc(OCCC(=O)O)cc2)c1Cl. The molecule has 0 aliphatic rings. The van der Waals surface area contributed by atoms with Gasteiger partial charge in [-0.25, -0.2) is 14.4 Å². The van der Waals surface area contributed by atoms with Gasteiger partial charge in [-0.15, -0.1) is 0 Å². The lowest BCUT2D eigenvalue weighted by Gasteiger charge is -2.11. The van der Waals surface area contributed by atoms with Gasteiger partial charge in [-0.1, -0.05) is 23.7 Å². The fourth-order valence-corrected chi connectivity index (χ4v) is 2.43. The zero-order chi connectivity index (χ0) is 18.2. The van der Waals surface area contributed by atoms with Gasteiger partial charge in [-0.05, 0) is 31.0 Å². The first-order valence-electron chi connectivity index (χ1n) is 7.79. The van der Waals surface area contributed by atoms with Crippen molar-refractivity contribution in [1.29, 1.82) is 0 Å². The highest BCUT2D eigenvalue weighted by molar-refractivity contribution is 6.33. The molecule has 0 amide bonds. The average molecular weight is 368 g/mol. The number of carboxylic acid groups (broad SMARTS) is 1. The van der Waals surface area contributed by atoms with E-state index in [1.165, 1.54) is 13.3 Å². The lowest BCUT2D eigenvalue weighted by Crippen LogP contribution is -2.09. The molecule has 0 bridgehead atoms. The van der Waals surface area contributed by atoms with Gasteiger partial charge in [0.25, 0.3) is 0 Å². The molecule has 6 nitrogen and oxygen atoms in total. The van der Waals surface area contributed by atoms with Gasteiger partial charge >= 0.3 is 5.97 Å². The van der Waals surface area contributed by atoms with Crippen molar-refractivity contribution >= 4 is 23.4 Å². The summed E-state index contributed by atoms with van der Waals surface area (Å²) in [4.78, 5) is 18.3. The Kier molecular flexibility index (Phi) is 6.94. The molecule has 2 rings (SSSR count). The first-order valence-corrected chi connectivity index (χ1v) is 8.17. The number of carbonyl (C=O) groups is 1. The van der Waals surface area contributed by atoms with Gasteiger partial charge in [-0.2, -0.15) is 0 Å². The number of alkyl halides is 1. The zero-order valence-corrected chi connectivity index (χ0v) is 14.5. The number of hydrogen-bond acceptors (Lipinski definition) is 5. The number of carboxylic acids is 1. The van der Waals surface area contributed by atoms with E-state index in [-0.39, 0.29) is 23.7 Å². The number of benzene rings is 1. The minimum absolute atomic E-state index is 0.0369. The van der Waals surface area contributed by atoms with Crippen molar-refractivity contribution in [2.24, 2.45) is 0 Å². The maximum Gasteiger partial charge on any atom is 0.306 e. The third-order valence-electron chi connectivity index (χ3n) is 3.41. The summed E-state index contributed by atoms with van der Waals surface area (Å²) in [6.45, 7) is 2.08. The number of nitrogens with zero attached hydrogens (tertiary/aromatic N) is 2. The summed E-state index contributed by atoms with van der Waals surface area (Å²) in [6.07, 6.45) is 0.689. The van der Waals surface area contributed by atoms with E-state index in [9.17, 15) is 9.18 Å². The van der Waals surface area contributed by atoms with E-state index >= 15 is 0 Å². The smallest absolute Gasteiger partial charge is 0.306 e. The fraction of sp³-hybridized carbons (Fsp3) is 0.353. The number of rotatable bonds is 9. The monoisotopic (exact) mass is 367 g/mol. The first kappa shape index (κ1) is 18.9. The molecule has 25 heavy (non-hydrogen) atoms. The van der Waals surface area contributed by atoms with Gasteiger partial charge < -0.3 is 15.2 Å². The van der Waals surface area contributed by atoms with Crippen molar-refractivity contribution in [2.45, 2.75) is 25.9 Å². The molecule has 0 saturated carbocycles. The maximum atomic E-state index is 13.4. The van der Waals surface area contributed by atoms with E-state index in [2.05, 4.69) is 15.3 Å². The second-order valence-corrected chi connectivity index (χ2v) is 5.73. The lowest BCUT2D eigenvalue weighted by atomic mass is 10.1. The van der Waals surface area contributed by atoms with Crippen LogP contribution in [0.2, 0.25) is 5.02 Å². The highest BCUT2D eigenvalue weighted by Crippen LogP contribution is 2.28. The van der Waals surface area contributed by atoms with E-state index in [0.717, 1.165) is 5.56 Å². The van der Waals surface area contributed by atoms with Crippen molar-refractivity contribution < 1.29 is 19.0 Å². The molecule has 2 N–H and O–H groups in total. The Bertz CT molecular complexity index is 711. The third kappa shape index (κ3) is 5.86. The van der Waals surface area contributed by atoms with Crippen LogP contribution >= 0.6 is 11.6 Å². The van der Waals surface area contributed by atoms with E-state index in [4.69, 9.17) is 21.4 Å². The van der Waals surface area contributed by atoms with E-state index in [1.54, 1.807) is 12.1 Å². The summed E-state index contributed by atoms with van der Waals surface area (Å²) in [5.74, 6) is 0.138. The maximum absolute atomic E-state index is 13.4. The molecule has 0 radical (unpaired) electrons. The Morgan fingerprint density at radius 2 is 2.08 bits per heavy atom. The highest BCUT2D eigenvalue weighted by atomic mass is 35.5. The summed E-state index contributed by atoms with van der Waals surface area (Å²) >= 11 is 6.09. The second-order valence-electron chi connectivity index (χ2n) is 5.35. The van der Waals surface area contributed by atoms with Gasteiger partial charge in [-0.3, -0.25) is 4.79 Å². The highest BCUT2D eigenvalue weighted by Gasteiger charge is 2.14. The molecular formula is C17H19ClFN3O3. The van der Waals surface area contributed by atoms with Crippen LogP contribution in [0.15, 0.2) is 30.6 Å². The number of hydrogen-bond donors (Lipinski definition) is 2. The zero-order valence-electron chi connectivity index (χ0n) is 13.7. The normalized spacial score (nSPS) is 11.8. The summed E-state index contributed by atoms with van der Waals surface area (Å²) < 4.78 is 18.7. The predicted molar refractivity (Wildman–Crippen MR) is 92.9 cm³/mol. The molecule has 1 aromatic carbocycles. The van der Waals surface area contributed by atoms with Gasteiger partial charge in [0.05, 0.1) is 18.7 Å². The van der Waals surface area contributed by atoms with Gasteiger partial charge in [0.2, 0.25) is 0 Å². The summed E-state index contributed by atoms with van der Waals surface area (Å²) in [5, 5.41) is 11.8. The van der Waals surface area contributed by atoms with Crippen LogP contribution in [0.5, 0.6) is 5.75 Å². The van der Waals surface area contributed by atoms with Crippen molar-refractivity contribution in [3.63, 3.8) is 0 Å². The van der Waals surface area contributed by atoms with Gasteiger partial charge in [0.15, 0.2) is 0 Å². The van der Waals surface area contributed by atoms with E-state index < -0.39 is 12.1 Å². The molecule has 1 aromatic heterocycles. The number of ether oxygens (including phenoxy) is 1. The molecule has 0 aliphatic heterocycles. The Hall–Kier alpha value is -2.41. The molecule has 0 aliphatic carbocycles. The summed E-state index contributed by atoms with van der Waals surface area (Å²) in [5.41, 5.74) is 1.23. The third-order valence-corrected chi connectivity index (χ3v) is 3.78. The molecule has 0 saturated heterocycles. The van der Waals surface area contributed by atoms with Crippen molar-refractivity contribution in [2.75, 3.05) is 18.5 Å². The van der Waals surface area contributed by atoms with Gasteiger partial charge in [0, 0.05) is 6.54 Å². The summed E-state index contributed by atoms with van der Waals surface area (Å²) in [7, 11) is 0. The first-order chi connectivity index (χ1) is 12.0. The van der Waals surface area contributed by atoms with Crippen molar-refractivity contribution in [3.05, 3.63) is 46.9 Å². The average Bonchev–Trinajstić information content (AvgIpc) is 2.57. The molecule has 134 valence electrons. The Morgan fingerprint density at radius 1 is 1.36 bits per heavy atom. The Balaban J connectivity index is 1.84. The second kappa shape index (κ2) is 9.17. The molecule has 0 fully saturated rings. The lowest BCUT2D eigenvalue weighted by molar-refractivity contribution is -0.137. The van der Waals surface area contributed by atoms with Crippen LogP contribution in [0, 0.1) is 0 Å². The van der Waals surface area contributed by atoms with Crippen LogP contribution < -0.4 is 10.1 Å². The number of halogens is 2. The number of aromatic nitrogens is 2. The topological polar surface area (TPSA) is 84.3 Å². The van der Waals surface area contributed by atoms with Crippen molar-refractivity contribution in [1.82, 2.24) is 9.97 Å². The Labute approximate surface area is 150 Å². The van der Waals surface area contributed by atoms with Crippen LogP contribution in [0.1, 0.15) is 30.8 Å². The summed E-state index contributed by atoms with van der Waals surface area (Å²) in [6, 6.07) is 7.37. The molecule has 0 spiro atoms. The van der Waals surface area contributed by atoms with Gasteiger partial charge in [0.1, 0.15) is 29.1 Å². The molecule has 1 heterocycles. The number of anilines is 1. The van der Waals surface area contributed by atoms with Crippen LogP contribution in [-0.2, 0) is 11.2 Å². The van der Waals surface area contributed by atoms with Crippen LogP contribution in [0.25, 0.3) is 0 Å². The fourth-order valence-electron chi connectivity index (χ4n) is 2.12. The number of aliphatic carboxylic acids is 1. The molecule has 8 heteroatoms. The minimum atomic E-state index is -1.26. The minimum Gasteiger partial charge on any atom is -0.493 e. The predicted octanol–water partition coefficient (Wildman–Crippen LogP) is 3.67. The largest absolute Gasteiger partial charge is 0.493 e. The molecule has 1 unspecified atom stereocenters. The van der Waals surface area contributed by atoms with Crippen molar-refractivity contribution in [3.8, 4) is 5.75 Å². The number of nitrogens with one attached hydrogen (secondary N) is 1. The quantitative estimate of drug-likeness (QED) is 0.703. The molecule has 2 aromatic rings. The standard InChI is InChI=1S/C17H19ClFN3O3/c1-11(19)16-15(18)17(22-10-21-16)20-8-6-12-2-4-13(5-3-12)25-9-7-14(23)24/h2-5,10-11H,6-9H2,1H3,(H,23,24)(H,20,21,22). The van der Waals surface area contributed by atoms with E-state index in [0.29, 0.717) is 24.5 Å².